The average molecular weight is 275 g/mol. The molecule has 1 saturated carbocycles. The number of nitrogens with one attached hydrogen (secondary N) is 1. The summed E-state index contributed by atoms with van der Waals surface area (Å²) in [4.78, 5) is 24.4. The second-order valence-electron chi connectivity index (χ2n) is 5.38. The van der Waals surface area contributed by atoms with Crippen molar-refractivity contribution in [3.05, 3.63) is 23.7 Å². The molecule has 0 radical (unpaired) electrons. The first-order valence-electron chi connectivity index (χ1n) is 6.88. The molecular formula is C14H17N3O3. The lowest BCUT2D eigenvalue weighted by molar-refractivity contribution is -0.132. The number of urea groups is 1. The van der Waals surface area contributed by atoms with E-state index in [2.05, 4.69) is 10.4 Å². The summed E-state index contributed by atoms with van der Waals surface area (Å²) in [5.41, 5.74) is -0.730. The van der Waals surface area contributed by atoms with E-state index in [1.54, 1.807) is 12.1 Å². The highest BCUT2D eigenvalue weighted by molar-refractivity contribution is 6.07. The molecule has 1 saturated heterocycles. The lowest BCUT2D eigenvalue weighted by Crippen LogP contribution is -2.48. The van der Waals surface area contributed by atoms with Gasteiger partial charge in [-0.2, -0.15) is 5.10 Å². The van der Waals surface area contributed by atoms with Gasteiger partial charge in [-0.25, -0.2) is 4.79 Å². The zero-order chi connectivity index (χ0) is 14.2. The maximum Gasteiger partial charge on any atom is 0.346 e. The number of hydrogen-bond acceptors (Lipinski definition) is 4. The third kappa shape index (κ3) is 2.11. The van der Waals surface area contributed by atoms with E-state index in [9.17, 15) is 9.59 Å². The molecule has 3 rings (SSSR count). The van der Waals surface area contributed by atoms with Gasteiger partial charge in [-0.1, -0.05) is 19.3 Å². The summed E-state index contributed by atoms with van der Waals surface area (Å²) >= 11 is 0. The Morgan fingerprint density at radius 1 is 1.30 bits per heavy atom. The molecule has 2 fully saturated rings. The van der Waals surface area contributed by atoms with Crippen LogP contribution in [0.4, 0.5) is 4.79 Å². The summed E-state index contributed by atoms with van der Waals surface area (Å²) in [6.07, 6.45) is 5.82. The zero-order valence-corrected chi connectivity index (χ0v) is 11.4. The topological polar surface area (TPSA) is 74.9 Å². The fraction of sp³-hybridized carbons (Fsp3) is 0.500. The van der Waals surface area contributed by atoms with Gasteiger partial charge in [0.25, 0.3) is 5.91 Å². The minimum absolute atomic E-state index is 0.248. The maximum absolute atomic E-state index is 12.4. The minimum atomic E-state index is -0.730. The van der Waals surface area contributed by atoms with Crippen molar-refractivity contribution in [3.63, 3.8) is 0 Å². The molecule has 1 aliphatic heterocycles. The van der Waals surface area contributed by atoms with Crippen molar-refractivity contribution in [2.75, 3.05) is 0 Å². The van der Waals surface area contributed by atoms with Crippen LogP contribution in [0.15, 0.2) is 21.7 Å². The lowest BCUT2D eigenvalue weighted by atomic mass is 9.82. The Morgan fingerprint density at radius 2 is 2.05 bits per heavy atom. The number of aryl methyl sites for hydroxylation is 1. The Hall–Kier alpha value is -2.11. The smallest absolute Gasteiger partial charge is 0.346 e. The van der Waals surface area contributed by atoms with Crippen molar-refractivity contribution >= 4 is 18.2 Å². The molecule has 6 nitrogen and oxygen atoms in total. The van der Waals surface area contributed by atoms with Crippen LogP contribution < -0.4 is 5.32 Å². The maximum atomic E-state index is 12.4. The Bertz CT molecular complexity index is 570. The van der Waals surface area contributed by atoms with Crippen LogP contribution in [0.5, 0.6) is 0 Å². The number of hydrogen-bond donors (Lipinski definition) is 1. The molecule has 106 valence electrons. The van der Waals surface area contributed by atoms with Crippen LogP contribution in [0.25, 0.3) is 0 Å². The Morgan fingerprint density at radius 3 is 2.70 bits per heavy atom. The molecule has 2 heterocycles. The van der Waals surface area contributed by atoms with Crippen molar-refractivity contribution in [2.45, 2.75) is 44.6 Å². The third-order valence-electron chi connectivity index (χ3n) is 3.91. The Balaban J connectivity index is 1.78. The number of furan rings is 1. The summed E-state index contributed by atoms with van der Waals surface area (Å²) in [5, 5.41) is 7.69. The Labute approximate surface area is 116 Å². The van der Waals surface area contributed by atoms with E-state index in [0.717, 1.165) is 30.0 Å². The van der Waals surface area contributed by atoms with Crippen LogP contribution in [-0.2, 0) is 4.79 Å². The van der Waals surface area contributed by atoms with Gasteiger partial charge in [0.15, 0.2) is 0 Å². The molecule has 6 heteroatoms. The van der Waals surface area contributed by atoms with Gasteiger partial charge in [-0.3, -0.25) is 4.79 Å². The molecule has 0 bridgehead atoms. The number of amides is 3. The van der Waals surface area contributed by atoms with Crippen LogP contribution in [-0.4, -0.2) is 28.7 Å². The Kier molecular flexibility index (Phi) is 3.08. The van der Waals surface area contributed by atoms with Gasteiger partial charge in [-0.15, -0.1) is 5.01 Å². The van der Waals surface area contributed by atoms with Crippen LogP contribution in [0.2, 0.25) is 0 Å². The molecule has 1 aliphatic carbocycles. The first-order valence-corrected chi connectivity index (χ1v) is 6.88. The van der Waals surface area contributed by atoms with Gasteiger partial charge in [0.2, 0.25) is 0 Å². The van der Waals surface area contributed by atoms with Crippen LogP contribution in [0.3, 0.4) is 0 Å². The van der Waals surface area contributed by atoms with E-state index in [0.29, 0.717) is 18.6 Å². The van der Waals surface area contributed by atoms with Crippen molar-refractivity contribution in [1.82, 2.24) is 10.3 Å². The minimum Gasteiger partial charge on any atom is -0.460 e. The van der Waals surface area contributed by atoms with Gasteiger partial charge < -0.3 is 9.73 Å². The van der Waals surface area contributed by atoms with Gasteiger partial charge in [0.1, 0.15) is 17.1 Å². The predicted molar refractivity (Wildman–Crippen MR) is 72.2 cm³/mol. The summed E-state index contributed by atoms with van der Waals surface area (Å²) in [6.45, 7) is 1.82. The molecule has 20 heavy (non-hydrogen) atoms. The van der Waals surface area contributed by atoms with Gasteiger partial charge in [0, 0.05) is 0 Å². The second-order valence-corrected chi connectivity index (χ2v) is 5.38. The van der Waals surface area contributed by atoms with E-state index in [1.165, 1.54) is 6.21 Å². The van der Waals surface area contributed by atoms with E-state index in [4.69, 9.17) is 4.42 Å². The molecule has 0 aromatic carbocycles. The van der Waals surface area contributed by atoms with Crippen molar-refractivity contribution < 1.29 is 14.0 Å². The van der Waals surface area contributed by atoms with Crippen LogP contribution in [0.1, 0.15) is 43.6 Å². The standard InChI is InChI=1S/C14H17N3O3/c1-10-5-6-11(20-10)9-15-17-12(18)14(16-13(17)19)7-3-2-4-8-14/h5-6,9H,2-4,7-8H2,1H3,(H,16,19)/b15-9-. The highest BCUT2D eigenvalue weighted by Gasteiger charge is 2.51. The van der Waals surface area contributed by atoms with Crippen LogP contribution in [0, 0.1) is 6.92 Å². The SMILES string of the molecule is Cc1ccc(/C=N\N2C(=O)NC3(CCCCC3)C2=O)o1. The highest BCUT2D eigenvalue weighted by Crippen LogP contribution is 2.33. The zero-order valence-electron chi connectivity index (χ0n) is 11.4. The molecule has 2 aliphatic rings. The van der Waals surface area contributed by atoms with Gasteiger partial charge >= 0.3 is 6.03 Å². The van der Waals surface area contributed by atoms with E-state index in [1.807, 2.05) is 6.92 Å². The quantitative estimate of drug-likeness (QED) is 0.664. The summed E-state index contributed by atoms with van der Waals surface area (Å²) in [6, 6.07) is 3.10. The molecule has 1 aromatic heterocycles. The largest absolute Gasteiger partial charge is 0.460 e. The third-order valence-corrected chi connectivity index (χ3v) is 3.91. The molecule has 3 amide bonds. The fourth-order valence-electron chi connectivity index (χ4n) is 2.84. The van der Waals surface area contributed by atoms with Crippen molar-refractivity contribution in [3.8, 4) is 0 Å². The predicted octanol–water partition coefficient (Wildman–Crippen LogP) is 2.18. The van der Waals surface area contributed by atoms with Crippen LogP contribution >= 0.6 is 0 Å². The molecule has 0 atom stereocenters. The molecule has 1 spiro atoms. The number of carbonyl (C=O) groups excluding carboxylic acids is 2. The number of carbonyl (C=O) groups is 2. The van der Waals surface area contributed by atoms with E-state index >= 15 is 0 Å². The normalized spacial score (nSPS) is 21.9. The van der Waals surface area contributed by atoms with Gasteiger partial charge in [-0.05, 0) is 31.9 Å². The second kappa shape index (κ2) is 4.77. The first-order chi connectivity index (χ1) is 9.61. The van der Waals surface area contributed by atoms with E-state index in [-0.39, 0.29) is 5.91 Å². The van der Waals surface area contributed by atoms with E-state index < -0.39 is 11.6 Å². The highest BCUT2D eigenvalue weighted by atomic mass is 16.3. The molecule has 1 aromatic rings. The summed E-state index contributed by atoms with van der Waals surface area (Å²) in [7, 11) is 0. The molecule has 1 N–H and O–H groups in total. The van der Waals surface area contributed by atoms with Crippen molar-refractivity contribution in [1.29, 1.82) is 0 Å². The first kappa shape index (κ1) is 12.9. The lowest BCUT2D eigenvalue weighted by Gasteiger charge is -2.29. The summed E-state index contributed by atoms with van der Waals surface area (Å²) in [5.74, 6) is 1.03. The molecule has 0 unspecified atom stereocenters. The van der Waals surface area contributed by atoms with Crippen molar-refractivity contribution in [2.24, 2.45) is 5.10 Å². The monoisotopic (exact) mass is 275 g/mol. The van der Waals surface area contributed by atoms with Gasteiger partial charge in [0.05, 0.1) is 6.21 Å². The number of nitrogens with zero attached hydrogens (tertiary/aromatic N) is 2. The average Bonchev–Trinajstić information content (AvgIpc) is 2.93. The fourth-order valence-corrected chi connectivity index (χ4v) is 2.84. The number of imide groups is 1. The number of rotatable bonds is 2. The summed E-state index contributed by atoms with van der Waals surface area (Å²) < 4.78 is 5.33. The number of hydrazone groups is 1. The molecular weight excluding hydrogens is 258 g/mol.